The summed E-state index contributed by atoms with van der Waals surface area (Å²) in [4.78, 5) is 41.5. The minimum absolute atomic E-state index is 0.0120. The quantitative estimate of drug-likeness (QED) is 0.376. The number of carbonyl (C=O) groups is 3. The van der Waals surface area contributed by atoms with E-state index in [1.165, 1.54) is 7.11 Å². The van der Waals surface area contributed by atoms with E-state index in [0.717, 1.165) is 37.7 Å². The lowest BCUT2D eigenvalue weighted by Crippen LogP contribution is -2.63. The van der Waals surface area contributed by atoms with Crippen molar-refractivity contribution >= 4 is 17.5 Å². The molecule has 3 fully saturated rings. The molecule has 0 aliphatic heterocycles. The van der Waals surface area contributed by atoms with Crippen LogP contribution in [0.3, 0.4) is 0 Å². The van der Waals surface area contributed by atoms with Gasteiger partial charge in [0.2, 0.25) is 0 Å². The first-order chi connectivity index (χ1) is 16.4. The van der Waals surface area contributed by atoms with E-state index in [1.54, 1.807) is 0 Å². The zero-order valence-corrected chi connectivity index (χ0v) is 24.0. The molecule has 0 aromatic heterocycles. The van der Waals surface area contributed by atoms with Gasteiger partial charge >= 0.3 is 5.97 Å². The lowest BCUT2D eigenvalue weighted by atomic mass is 9.39. The Bertz CT molecular complexity index is 1010. The lowest BCUT2D eigenvalue weighted by Gasteiger charge is -2.63. The average molecular weight is 501 g/mol. The van der Waals surface area contributed by atoms with Crippen LogP contribution in [-0.2, 0) is 19.1 Å². The fourth-order valence-electron chi connectivity index (χ4n) is 9.32. The van der Waals surface area contributed by atoms with E-state index in [2.05, 4.69) is 48.5 Å². The molecule has 0 aromatic carbocycles. The molecule has 0 amide bonds. The van der Waals surface area contributed by atoms with E-state index in [1.807, 2.05) is 13.0 Å². The van der Waals surface area contributed by atoms with E-state index < -0.39 is 16.2 Å². The maximum Gasteiger partial charge on any atom is 0.306 e. The number of rotatable bonds is 3. The number of hydrogen-bond donors (Lipinski definition) is 1. The number of fused-ring (bicyclic) bond motifs is 3. The number of ether oxygens (including phenoxy) is 1. The summed E-state index contributed by atoms with van der Waals surface area (Å²) >= 11 is 0. The Morgan fingerprint density at radius 3 is 2.19 bits per heavy atom. The monoisotopic (exact) mass is 500 g/mol. The molecule has 202 valence electrons. The summed E-state index contributed by atoms with van der Waals surface area (Å²) in [6, 6.07) is 0. The predicted octanol–water partition coefficient (Wildman–Crippen LogP) is 6.07. The zero-order chi connectivity index (χ0) is 27.1. The van der Waals surface area contributed by atoms with Gasteiger partial charge in [-0.2, -0.15) is 0 Å². The van der Waals surface area contributed by atoms with Gasteiger partial charge < -0.3 is 9.84 Å². The first-order valence-corrected chi connectivity index (χ1v) is 14.0. The summed E-state index contributed by atoms with van der Waals surface area (Å²) in [5, 5.41) is 10.8. The van der Waals surface area contributed by atoms with Crippen molar-refractivity contribution in [3.05, 3.63) is 11.6 Å². The van der Waals surface area contributed by atoms with Crippen LogP contribution in [0.5, 0.6) is 0 Å². The first-order valence-electron chi connectivity index (χ1n) is 14.0. The Hall–Kier alpha value is -1.49. The molecule has 0 aromatic rings. The van der Waals surface area contributed by atoms with Crippen LogP contribution < -0.4 is 0 Å². The minimum Gasteiger partial charge on any atom is -0.469 e. The van der Waals surface area contributed by atoms with Crippen LogP contribution in [0.25, 0.3) is 0 Å². The Balaban J connectivity index is 1.84. The highest BCUT2D eigenvalue weighted by atomic mass is 16.5. The smallest absolute Gasteiger partial charge is 0.306 e. The highest BCUT2D eigenvalue weighted by Gasteiger charge is 2.67. The second kappa shape index (κ2) is 8.25. The molecular weight excluding hydrogens is 452 g/mol. The van der Waals surface area contributed by atoms with Crippen LogP contribution in [0.1, 0.15) is 107 Å². The number of ketones is 2. The van der Waals surface area contributed by atoms with Gasteiger partial charge in [0, 0.05) is 5.41 Å². The van der Waals surface area contributed by atoms with Crippen molar-refractivity contribution in [2.45, 2.75) is 113 Å². The van der Waals surface area contributed by atoms with Crippen molar-refractivity contribution in [2.75, 3.05) is 7.11 Å². The van der Waals surface area contributed by atoms with Gasteiger partial charge in [0.1, 0.15) is 0 Å². The largest absolute Gasteiger partial charge is 0.469 e. The number of hydrogen-bond acceptors (Lipinski definition) is 5. The average Bonchev–Trinajstić information content (AvgIpc) is 2.79. The van der Waals surface area contributed by atoms with Crippen molar-refractivity contribution in [1.29, 1.82) is 0 Å². The molecule has 7 atom stereocenters. The van der Waals surface area contributed by atoms with Crippen LogP contribution in [0.4, 0.5) is 0 Å². The van der Waals surface area contributed by atoms with Gasteiger partial charge in [-0.25, -0.2) is 0 Å². The first kappa shape index (κ1) is 27.5. The Kier molecular flexibility index (Phi) is 6.31. The van der Waals surface area contributed by atoms with Gasteiger partial charge in [-0.15, -0.1) is 0 Å². The SMILES string of the molecule is COC(=O)CC1(C)CCC(C)(C)CC1C1(C)C(=O)C=C2C(C)(CCC3C2(C)CCC(O)C3(C)C)C1=O. The van der Waals surface area contributed by atoms with E-state index in [9.17, 15) is 19.5 Å². The number of methoxy groups -OCH3 is 1. The highest BCUT2D eigenvalue weighted by Crippen LogP contribution is 2.68. The van der Waals surface area contributed by atoms with Crippen molar-refractivity contribution in [3.63, 3.8) is 0 Å². The molecule has 4 rings (SSSR count). The van der Waals surface area contributed by atoms with Gasteiger partial charge in [-0.3, -0.25) is 14.4 Å². The zero-order valence-electron chi connectivity index (χ0n) is 24.0. The normalized spacial score (nSPS) is 45.8. The molecule has 7 unspecified atom stereocenters. The fourth-order valence-corrected chi connectivity index (χ4v) is 9.32. The number of aliphatic hydroxyl groups excluding tert-OH is 1. The molecule has 1 N–H and O–H groups in total. The van der Waals surface area contributed by atoms with Crippen molar-refractivity contribution in [3.8, 4) is 0 Å². The molecule has 0 radical (unpaired) electrons. The van der Waals surface area contributed by atoms with Crippen LogP contribution in [0, 0.1) is 44.3 Å². The van der Waals surface area contributed by atoms with Crippen molar-refractivity contribution in [1.82, 2.24) is 0 Å². The van der Waals surface area contributed by atoms with Crippen LogP contribution in [0.2, 0.25) is 0 Å². The molecule has 4 aliphatic rings. The maximum atomic E-state index is 14.8. The molecule has 0 bridgehead atoms. The van der Waals surface area contributed by atoms with Gasteiger partial charge in [-0.05, 0) is 104 Å². The van der Waals surface area contributed by atoms with Gasteiger partial charge in [0.05, 0.1) is 25.0 Å². The third-order valence-corrected chi connectivity index (χ3v) is 11.8. The molecule has 0 saturated heterocycles. The van der Waals surface area contributed by atoms with Crippen LogP contribution in [-0.4, -0.2) is 35.9 Å². The standard InChI is InChI=1S/C31H48O5/c1-26(2)14-15-28(5,18-24(34)36-9)21(17-26)31(8)23(33)16-20-29(6)13-11-22(32)27(3,4)19(29)10-12-30(20,7)25(31)35/h16,19,21-22,32H,10-15,17-18H2,1-9H3. The second-order valence-corrected chi connectivity index (χ2v) is 15.0. The molecule has 4 aliphatic carbocycles. The maximum absolute atomic E-state index is 14.8. The molecule has 36 heavy (non-hydrogen) atoms. The summed E-state index contributed by atoms with van der Waals surface area (Å²) in [5.41, 5.74) is -1.95. The third-order valence-electron chi connectivity index (χ3n) is 11.8. The van der Waals surface area contributed by atoms with E-state index in [4.69, 9.17) is 4.74 Å². The summed E-state index contributed by atoms with van der Waals surface area (Å²) in [5.74, 6) is -0.349. The number of aliphatic hydroxyl groups is 1. The Morgan fingerprint density at radius 2 is 1.58 bits per heavy atom. The van der Waals surface area contributed by atoms with Crippen LogP contribution in [0.15, 0.2) is 11.6 Å². The number of allylic oxidation sites excluding steroid dienone is 2. The van der Waals surface area contributed by atoms with Gasteiger partial charge in [0.25, 0.3) is 0 Å². The lowest BCUT2D eigenvalue weighted by molar-refractivity contribution is -0.167. The summed E-state index contributed by atoms with van der Waals surface area (Å²) in [7, 11) is 1.41. The molecule has 3 saturated carbocycles. The predicted molar refractivity (Wildman–Crippen MR) is 140 cm³/mol. The molecular formula is C31H48O5. The second-order valence-electron chi connectivity index (χ2n) is 15.0. The van der Waals surface area contributed by atoms with E-state index >= 15 is 0 Å². The molecule has 5 heteroatoms. The van der Waals surface area contributed by atoms with Crippen LogP contribution >= 0.6 is 0 Å². The number of carbonyl (C=O) groups excluding carboxylic acids is 3. The van der Waals surface area contributed by atoms with E-state index in [0.29, 0.717) is 12.8 Å². The van der Waals surface area contributed by atoms with Crippen molar-refractivity contribution < 1.29 is 24.2 Å². The van der Waals surface area contributed by atoms with E-state index in [-0.39, 0.29) is 58.1 Å². The Morgan fingerprint density at radius 1 is 0.944 bits per heavy atom. The molecule has 0 spiro atoms. The number of esters is 1. The summed E-state index contributed by atoms with van der Waals surface area (Å²) in [6.07, 6.45) is 7.19. The Labute approximate surface area is 217 Å². The molecule has 0 heterocycles. The van der Waals surface area contributed by atoms with Gasteiger partial charge in [-0.1, -0.05) is 41.5 Å². The summed E-state index contributed by atoms with van der Waals surface area (Å²) < 4.78 is 5.06. The highest BCUT2D eigenvalue weighted by molar-refractivity contribution is 6.17. The number of Topliss-reactive ketones (excluding diaryl/α,β-unsaturated/α-hetero) is 1. The third kappa shape index (κ3) is 3.69. The topological polar surface area (TPSA) is 80.7 Å². The van der Waals surface area contributed by atoms with Gasteiger partial charge in [0.15, 0.2) is 11.6 Å². The fraction of sp³-hybridized carbons (Fsp3) is 0.839. The molecule has 5 nitrogen and oxygen atoms in total. The minimum atomic E-state index is -1.17. The van der Waals surface area contributed by atoms with Crippen molar-refractivity contribution in [2.24, 2.45) is 44.3 Å². The summed E-state index contributed by atoms with van der Waals surface area (Å²) in [6.45, 7) is 17.0.